The van der Waals surface area contributed by atoms with Crippen molar-refractivity contribution in [1.29, 1.82) is 0 Å². The second kappa shape index (κ2) is 7.04. The molecule has 3 aromatic rings. The number of nitrogens with one attached hydrogen (secondary N) is 1. The van der Waals surface area contributed by atoms with Crippen molar-refractivity contribution >= 4 is 44.8 Å². The van der Waals surface area contributed by atoms with E-state index in [-0.39, 0.29) is 12.5 Å². The molecule has 0 unspecified atom stereocenters. The van der Waals surface area contributed by atoms with Crippen LogP contribution in [0.3, 0.4) is 0 Å². The van der Waals surface area contributed by atoms with Crippen LogP contribution >= 0.6 is 15.9 Å². The van der Waals surface area contributed by atoms with Gasteiger partial charge in [-0.05, 0) is 36.8 Å². The second-order valence-electron chi connectivity index (χ2n) is 6.39. The fraction of sp³-hybridized carbons (Fsp3) is 0.143. The lowest BCUT2D eigenvalue weighted by atomic mass is 10.1. The summed E-state index contributed by atoms with van der Waals surface area (Å²) in [4.78, 5) is 26.3. The molecule has 0 aliphatic carbocycles. The maximum atomic E-state index is 12.8. The van der Waals surface area contributed by atoms with Crippen LogP contribution < -0.4 is 5.32 Å². The van der Waals surface area contributed by atoms with Crippen molar-refractivity contribution in [3.8, 4) is 0 Å². The molecule has 0 atom stereocenters. The Kier molecular flexibility index (Phi) is 4.58. The molecule has 136 valence electrons. The van der Waals surface area contributed by atoms with Gasteiger partial charge in [0.05, 0.1) is 6.54 Å². The number of para-hydroxylation sites is 1. The molecule has 2 heterocycles. The Morgan fingerprint density at radius 2 is 1.81 bits per heavy atom. The highest BCUT2D eigenvalue weighted by atomic mass is 79.9. The molecule has 0 bridgehead atoms. The average Bonchev–Trinajstić information content (AvgIpc) is 3.16. The second-order valence-corrected chi connectivity index (χ2v) is 7.31. The molecule has 1 fully saturated rings. The number of amides is 3. The van der Waals surface area contributed by atoms with Gasteiger partial charge in [0.1, 0.15) is 5.70 Å². The van der Waals surface area contributed by atoms with Crippen LogP contribution in [0.4, 0.5) is 4.79 Å². The predicted molar refractivity (Wildman–Crippen MR) is 109 cm³/mol. The largest absolute Gasteiger partial charge is 0.347 e. The molecule has 1 aliphatic heterocycles. The van der Waals surface area contributed by atoms with Gasteiger partial charge in [-0.1, -0.05) is 46.3 Å². The van der Waals surface area contributed by atoms with Crippen LogP contribution in [-0.4, -0.2) is 21.4 Å². The lowest BCUT2D eigenvalue weighted by molar-refractivity contribution is -0.123. The van der Waals surface area contributed by atoms with Crippen molar-refractivity contribution in [2.75, 3.05) is 0 Å². The number of carbonyl (C=O) groups excluding carboxylic acids is 2. The predicted octanol–water partition coefficient (Wildman–Crippen LogP) is 4.52. The summed E-state index contributed by atoms with van der Waals surface area (Å²) in [6, 6.07) is 15.2. The van der Waals surface area contributed by atoms with Crippen molar-refractivity contribution in [2.45, 2.75) is 20.0 Å². The third-order valence-corrected chi connectivity index (χ3v) is 5.20. The van der Waals surface area contributed by atoms with Crippen LogP contribution in [0.1, 0.15) is 18.1 Å². The first kappa shape index (κ1) is 17.5. The number of fused-ring (bicyclic) bond motifs is 1. The minimum atomic E-state index is -0.395. The number of carbonyl (C=O) groups is 2. The molecule has 6 heteroatoms. The molecule has 5 nitrogen and oxygen atoms in total. The number of nitrogens with zero attached hydrogens (tertiary/aromatic N) is 2. The van der Waals surface area contributed by atoms with E-state index in [2.05, 4.69) is 38.8 Å². The van der Waals surface area contributed by atoms with Gasteiger partial charge < -0.3 is 9.88 Å². The topological polar surface area (TPSA) is 54.3 Å². The number of halogens is 1. The van der Waals surface area contributed by atoms with E-state index >= 15 is 0 Å². The summed E-state index contributed by atoms with van der Waals surface area (Å²) in [5.41, 5.74) is 3.22. The lowest BCUT2D eigenvalue weighted by Crippen LogP contribution is -2.30. The van der Waals surface area contributed by atoms with Gasteiger partial charge in [0, 0.05) is 33.7 Å². The summed E-state index contributed by atoms with van der Waals surface area (Å²) in [6.45, 7) is 3.15. The van der Waals surface area contributed by atoms with Gasteiger partial charge in [-0.25, -0.2) is 4.79 Å². The number of rotatable bonds is 4. The summed E-state index contributed by atoms with van der Waals surface area (Å²) in [7, 11) is 0. The van der Waals surface area contributed by atoms with E-state index in [9.17, 15) is 9.59 Å². The Morgan fingerprint density at radius 3 is 2.56 bits per heavy atom. The monoisotopic (exact) mass is 423 g/mol. The number of aryl methyl sites for hydroxylation is 1. The van der Waals surface area contributed by atoms with Crippen molar-refractivity contribution in [2.24, 2.45) is 0 Å². The van der Waals surface area contributed by atoms with E-state index in [0.29, 0.717) is 5.70 Å². The molecule has 0 saturated carbocycles. The molecular formula is C21H18BrN3O2. The number of urea groups is 1. The first-order valence-electron chi connectivity index (χ1n) is 8.73. The molecule has 1 saturated heterocycles. The van der Waals surface area contributed by atoms with Crippen LogP contribution in [0.2, 0.25) is 0 Å². The molecule has 2 aromatic carbocycles. The third-order valence-electron chi connectivity index (χ3n) is 4.68. The maximum absolute atomic E-state index is 12.8. The van der Waals surface area contributed by atoms with Crippen LogP contribution in [0.25, 0.3) is 17.0 Å². The number of aromatic nitrogens is 1. The Labute approximate surface area is 165 Å². The molecule has 0 spiro atoms. The highest BCUT2D eigenvalue weighted by Crippen LogP contribution is 2.25. The Balaban J connectivity index is 1.64. The highest BCUT2D eigenvalue weighted by molar-refractivity contribution is 9.10. The van der Waals surface area contributed by atoms with Gasteiger partial charge in [-0.15, -0.1) is 0 Å². The van der Waals surface area contributed by atoms with Crippen LogP contribution in [0.5, 0.6) is 0 Å². The first-order valence-corrected chi connectivity index (χ1v) is 9.53. The van der Waals surface area contributed by atoms with E-state index in [0.717, 1.165) is 33.0 Å². The number of imide groups is 1. The summed E-state index contributed by atoms with van der Waals surface area (Å²) >= 11 is 3.39. The van der Waals surface area contributed by atoms with Gasteiger partial charge in [0.25, 0.3) is 5.91 Å². The van der Waals surface area contributed by atoms with E-state index in [4.69, 9.17) is 0 Å². The molecule has 27 heavy (non-hydrogen) atoms. The summed E-state index contributed by atoms with van der Waals surface area (Å²) in [6.07, 6.45) is 3.77. The highest BCUT2D eigenvalue weighted by Gasteiger charge is 2.33. The van der Waals surface area contributed by atoms with Crippen molar-refractivity contribution in [3.63, 3.8) is 0 Å². The Bertz CT molecular complexity index is 1070. The SMILES string of the molecule is CCn1cc(/C=C2\NC(=O)N(Cc3ccc(Br)cc3)C2=O)c2ccccc21. The molecule has 4 rings (SSSR count). The molecule has 1 aliphatic rings. The first-order chi connectivity index (χ1) is 13.1. The van der Waals surface area contributed by atoms with Gasteiger partial charge in [0.2, 0.25) is 0 Å². The number of benzene rings is 2. The van der Waals surface area contributed by atoms with Crippen LogP contribution in [0, 0.1) is 0 Å². The summed E-state index contributed by atoms with van der Waals surface area (Å²) in [5, 5.41) is 3.76. The minimum Gasteiger partial charge on any atom is -0.347 e. The van der Waals surface area contributed by atoms with Crippen LogP contribution in [0.15, 0.2) is 64.9 Å². The maximum Gasteiger partial charge on any atom is 0.329 e. The summed E-state index contributed by atoms with van der Waals surface area (Å²) in [5.74, 6) is -0.309. The van der Waals surface area contributed by atoms with E-state index in [1.165, 1.54) is 4.90 Å². The number of hydrogen-bond donors (Lipinski definition) is 1. The normalized spacial score (nSPS) is 15.8. The molecule has 0 radical (unpaired) electrons. The fourth-order valence-electron chi connectivity index (χ4n) is 3.29. The zero-order valence-electron chi connectivity index (χ0n) is 14.8. The molecular weight excluding hydrogens is 406 g/mol. The fourth-order valence-corrected chi connectivity index (χ4v) is 3.56. The van der Waals surface area contributed by atoms with E-state index in [1.807, 2.05) is 48.7 Å². The van der Waals surface area contributed by atoms with Gasteiger partial charge >= 0.3 is 6.03 Å². The van der Waals surface area contributed by atoms with Crippen molar-refractivity contribution in [1.82, 2.24) is 14.8 Å². The van der Waals surface area contributed by atoms with Crippen molar-refractivity contribution < 1.29 is 9.59 Å². The van der Waals surface area contributed by atoms with Crippen molar-refractivity contribution in [3.05, 3.63) is 76.0 Å². The smallest absolute Gasteiger partial charge is 0.329 e. The molecule has 3 amide bonds. The molecule has 1 aromatic heterocycles. The standard InChI is InChI=1S/C21H18BrN3O2/c1-2-24-13-15(17-5-3-4-6-19(17)24)11-18-20(26)25(21(27)23-18)12-14-7-9-16(22)10-8-14/h3-11,13H,2,12H2,1H3,(H,23,27)/b18-11-. The van der Waals surface area contributed by atoms with Gasteiger partial charge in [0.15, 0.2) is 0 Å². The molecule has 1 N–H and O–H groups in total. The Morgan fingerprint density at radius 1 is 1.07 bits per heavy atom. The minimum absolute atomic E-state index is 0.242. The lowest BCUT2D eigenvalue weighted by Gasteiger charge is -2.11. The third kappa shape index (κ3) is 3.28. The number of hydrogen-bond acceptors (Lipinski definition) is 2. The average molecular weight is 424 g/mol. The van der Waals surface area contributed by atoms with E-state index < -0.39 is 6.03 Å². The summed E-state index contributed by atoms with van der Waals surface area (Å²) < 4.78 is 3.08. The van der Waals surface area contributed by atoms with Gasteiger partial charge in [-0.2, -0.15) is 0 Å². The van der Waals surface area contributed by atoms with Crippen LogP contribution in [-0.2, 0) is 17.9 Å². The van der Waals surface area contributed by atoms with E-state index in [1.54, 1.807) is 6.08 Å². The zero-order valence-corrected chi connectivity index (χ0v) is 16.4. The van der Waals surface area contributed by atoms with Gasteiger partial charge in [-0.3, -0.25) is 9.69 Å². The Hall–Kier alpha value is -2.86. The quantitative estimate of drug-likeness (QED) is 0.495. The zero-order chi connectivity index (χ0) is 19.0.